The SMILES string of the molecule is CC1CCC(S(=O)(=O)NC[C@@H]2C[C@H]3CCN2C[C@@H]3CN2CCN(C3CCCCN3)CC2)CC1. The molecule has 5 heterocycles. The van der Waals surface area contributed by atoms with E-state index < -0.39 is 10.0 Å². The van der Waals surface area contributed by atoms with Crippen molar-refractivity contribution in [1.82, 2.24) is 24.7 Å². The highest BCUT2D eigenvalue weighted by Gasteiger charge is 2.41. The van der Waals surface area contributed by atoms with Crippen LogP contribution < -0.4 is 10.0 Å². The molecule has 0 aromatic heterocycles. The fourth-order valence-electron chi connectivity index (χ4n) is 7.27. The van der Waals surface area contributed by atoms with Crippen LogP contribution in [0.15, 0.2) is 0 Å². The van der Waals surface area contributed by atoms with Gasteiger partial charge in [-0.1, -0.05) is 6.92 Å². The molecule has 5 aliphatic heterocycles. The van der Waals surface area contributed by atoms with Gasteiger partial charge in [0.25, 0.3) is 0 Å². The summed E-state index contributed by atoms with van der Waals surface area (Å²) in [5.41, 5.74) is 0. The first-order chi connectivity index (χ1) is 16.0. The van der Waals surface area contributed by atoms with Crippen molar-refractivity contribution in [3.8, 4) is 0 Å². The van der Waals surface area contributed by atoms with Crippen molar-refractivity contribution >= 4 is 10.0 Å². The minimum atomic E-state index is -3.17. The van der Waals surface area contributed by atoms with Crippen LogP contribution in [0.5, 0.6) is 0 Å². The fourth-order valence-corrected chi connectivity index (χ4v) is 8.83. The smallest absolute Gasteiger partial charge is 0.214 e. The number of rotatable bonds is 7. The summed E-state index contributed by atoms with van der Waals surface area (Å²) in [6, 6.07) is 0.395. The maximum absolute atomic E-state index is 12.9. The lowest BCUT2D eigenvalue weighted by Gasteiger charge is -2.51. The number of nitrogens with one attached hydrogen (secondary N) is 2. The van der Waals surface area contributed by atoms with E-state index in [1.54, 1.807) is 0 Å². The minimum absolute atomic E-state index is 0.167. The zero-order valence-corrected chi connectivity index (χ0v) is 21.6. The van der Waals surface area contributed by atoms with E-state index in [1.165, 1.54) is 71.4 Å². The van der Waals surface area contributed by atoms with Crippen molar-refractivity contribution in [2.45, 2.75) is 82.2 Å². The number of hydrogen-bond acceptors (Lipinski definition) is 6. The highest BCUT2D eigenvalue weighted by molar-refractivity contribution is 7.90. The molecule has 2 unspecified atom stereocenters. The Labute approximate surface area is 202 Å². The molecule has 8 heteroatoms. The van der Waals surface area contributed by atoms with Gasteiger partial charge in [-0.15, -0.1) is 0 Å². The van der Waals surface area contributed by atoms with Gasteiger partial charge in [0.2, 0.25) is 10.0 Å². The van der Waals surface area contributed by atoms with Gasteiger partial charge in [-0.2, -0.15) is 0 Å². The third-order valence-corrected chi connectivity index (χ3v) is 11.5. The molecule has 1 saturated carbocycles. The standard InChI is InChI=1S/C25H47N5O2S/c1-20-5-7-24(8-6-20)33(31,32)27-17-23-16-21-9-11-30(23)19-22(21)18-28-12-14-29(15-13-28)25-4-2-3-10-26-25/h20-27H,2-19H2,1H3/t20?,21-,22+,23+,24?,25?/m1/s1. The minimum Gasteiger partial charge on any atom is -0.302 e. The first kappa shape index (κ1) is 24.4. The summed E-state index contributed by atoms with van der Waals surface area (Å²) in [7, 11) is -3.17. The molecule has 5 saturated heterocycles. The van der Waals surface area contributed by atoms with Gasteiger partial charge in [0, 0.05) is 51.9 Å². The molecule has 0 spiro atoms. The monoisotopic (exact) mass is 481 g/mol. The normalized spacial score (nSPS) is 41.3. The van der Waals surface area contributed by atoms with E-state index in [0.29, 0.717) is 24.7 Å². The van der Waals surface area contributed by atoms with Crippen molar-refractivity contribution in [2.24, 2.45) is 17.8 Å². The summed E-state index contributed by atoms with van der Waals surface area (Å²) >= 11 is 0. The van der Waals surface area contributed by atoms with Crippen LogP contribution in [0.3, 0.4) is 0 Å². The molecule has 0 radical (unpaired) electrons. The quantitative estimate of drug-likeness (QED) is 0.579. The molecular weight excluding hydrogens is 434 g/mol. The van der Waals surface area contributed by atoms with Crippen LogP contribution in [0.1, 0.15) is 64.7 Å². The molecule has 2 N–H and O–H groups in total. The Morgan fingerprint density at radius 3 is 2.36 bits per heavy atom. The molecule has 5 atom stereocenters. The molecule has 6 aliphatic rings. The third kappa shape index (κ3) is 5.95. The predicted octanol–water partition coefficient (Wildman–Crippen LogP) is 1.91. The van der Waals surface area contributed by atoms with Crippen LogP contribution in [0, 0.1) is 17.8 Å². The van der Waals surface area contributed by atoms with Crippen molar-refractivity contribution < 1.29 is 8.42 Å². The molecule has 0 amide bonds. The Balaban J connectivity index is 1.06. The molecule has 0 aromatic rings. The van der Waals surface area contributed by atoms with Gasteiger partial charge in [0.1, 0.15) is 0 Å². The largest absolute Gasteiger partial charge is 0.302 e. The summed E-state index contributed by atoms with van der Waals surface area (Å²) in [4.78, 5) is 7.97. The van der Waals surface area contributed by atoms with Crippen LogP contribution in [0.25, 0.3) is 0 Å². The lowest BCUT2D eigenvalue weighted by Crippen LogP contribution is -2.60. The molecule has 7 nitrogen and oxygen atoms in total. The summed E-state index contributed by atoms with van der Waals surface area (Å²) in [6.07, 6.45) is 10.9. The van der Waals surface area contributed by atoms with E-state index in [1.807, 2.05) is 0 Å². The number of hydrogen-bond donors (Lipinski definition) is 2. The topological polar surface area (TPSA) is 67.9 Å². The first-order valence-corrected chi connectivity index (χ1v) is 15.4. The fraction of sp³-hybridized carbons (Fsp3) is 1.00. The Kier molecular flexibility index (Phi) is 7.99. The van der Waals surface area contributed by atoms with Crippen molar-refractivity contribution in [3.05, 3.63) is 0 Å². The predicted molar refractivity (Wildman–Crippen MR) is 134 cm³/mol. The summed E-state index contributed by atoms with van der Waals surface area (Å²) in [5.74, 6) is 2.20. The van der Waals surface area contributed by atoms with Gasteiger partial charge in [0.15, 0.2) is 0 Å². The number of piperazine rings is 1. The number of piperidine rings is 4. The van der Waals surface area contributed by atoms with Crippen molar-refractivity contribution in [3.63, 3.8) is 0 Å². The molecular formula is C25H47N5O2S. The van der Waals surface area contributed by atoms with Crippen LogP contribution >= 0.6 is 0 Å². The summed E-state index contributed by atoms with van der Waals surface area (Å²) < 4.78 is 28.8. The average molecular weight is 482 g/mol. The van der Waals surface area contributed by atoms with E-state index >= 15 is 0 Å². The Morgan fingerprint density at radius 2 is 1.70 bits per heavy atom. The van der Waals surface area contributed by atoms with Crippen molar-refractivity contribution in [2.75, 3.05) is 58.9 Å². The Bertz CT molecular complexity index is 727. The molecule has 0 aromatic carbocycles. The molecule has 2 bridgehead atoms. The zero-order valence-electron chi connectivity index (χ0n) is 20.8. The van der Waals surface area contributed by atoms with Gasteiger partial charge in [-0.25, -0.2) is 13.1 Å². The molecule has 33 heavy (non-hydrogen) atoms. The number of nitrogens with zero attached hydrogens (tertiary/aromatic N) is 3. The maximum atomic E-state index is 12.9. The van der Waals surface area contributed by atoms with Crippen LogP contribution in [-0.4, -0.2) is 99.5 Å². The molecule has 6 fully saturated rings. The average Bonchev–Trinajstić information content (AvgIpc) is 2.85. The van der Waals surface area contributed by atoms with Crippen LogP contribution in [-0.2, 0) is 10.0 Å². The third-order valence-electron chi connectivity index (χ3n) is 9.56. The summed E-state index contributed by atoms with van der Waals surface area (Å²) in [5, 5.41) is 3.54. The number of sulfonamides is 1. The van der Waals surface area contributed by atoms with Gasteiger partial charge >= 0.3 is 0 Å². The number of fused-ring (bicyclic) bond motifs is 3. The van der Waals surface area contributed by atoms with Gasteiger partial charge < -0.3 is 10.2 Å². The second kappa shape index (κ2) is 10.8. The highest BCUT2D eigenvalue weighted by Crippen LogP contribution is 2.37. The van der Waals surface area contributed by atoms with E-state index in [4.69, 9.17) is 0 Å². The van der Waals surface area contributed by atoms with Gasteiger partial charge in [-0.3, -0.25) is 9.80 Å². The maximum Gasteiger partial charge on any atom is 0.214 e. The van der Waals surface area contributed by atoms with E-state index in [0.717, 1.165) is 50.6 Å². The lowest BCUT2D eigenvalue weighted by molar-refractivity contribution is -0.0199. The summed E-state index contributed by atoms with van der Waals surface area (Å²) in [6.45, 7) is 12.4. The Morgan fingerprint density at radius 1 is 0.909 bits per heavy atom. The lowest BCUT2D eigenvalue weighted by atomic mass is 9.75. The van der Waals surface area contributed by atoms with E-state index in [9.17, 15) is 8.42 Å². The van der Waals surface area contributed by atoms with Gasteiger partial charge in [-0.05, 0) is 88.6 Å². The molecule has 1 aliphatic carbocycles. The van der Waals surface area contributed by atoms with Crippen LogP contribution in [0.2, 0.25) is 0 Å². The molecule has 6 rings (SSSR count). The Hall–Kier alpha value is -0.250. The second-order valence-electron chi connectivity index (χ2n) is 11.8. The second-order valence-corrected chi connectivity index (χ2v) is 13.8. The highest BCUT2D eigenvalue weighted by atomic mass is 32.2. The van der Waals surface area contributed by atoms with Crippen LogP contribution in [0.4, 0.5) is 0 Å². The van der Waals surface area contributed by atoms with E-state index in [2.05, 4.69) is 31.7 Å². The zero-order chi connectivity index (χ0) is 22.8. The van der Waals surface area contributed by atoms with E-state index in [-0.39, 0.29) is 5.25 Å². The van der Waals surface area contributed by atoms with Crippen molar-refractivity contribution in [1.29, 1.82) is 0 Å². The molecule has 190 valence electrons. The van der Waals surface area contributed by atoms with Gasteiger partial charge in [0.05, 0.1) is 11.4 Å². The first-order valence-electron chi connectivity index (χ1n) is 13.9.